The number of nitrogens with zero attached hydrogens (tertiary/aromatic N) is 1. The van der Waals surface area contributed by atoms with Crippen molar-refractivity contribution < 1.29 is 38.7 Å². The number of likely N-dealkylation sites (tertiary alicyclic amines) is 1. The third kappa shape index (κ3) is 3.94. The Morgan fingerprint density at radius 3 is 2.00 bits per heavy atom. The van der Waals surface area contributed by atoms with E-state index in [-0.39, 0.29) is 24.5 Å². The van der Waals surface area contributed by atoms with Crippen LogP contribution < -0.4 is 18.9 Å². The lowest BCUT2D eigenvalue weighted by Crippen LogP contribution is -2.32. The number of aliphatic hydroxyl groups is 2. The second-order valence-electron chi connectivity index (χ2n) is 6.90. The maximum atomic E-state index is 12.9. The van der Waals surface area contributed by atoms with E-state index in [4.69, 9.17) is 18.9 Å². The van der Waals surface area contributed by atoms with Crippen LogP contribution >= 0.6 is 0 Å². The van der Waals surface area contributed by atoms with Gasteiger partial charge >= 0.3 is 0 Å². The minimum Gasteiger partial charge on any atom is -0.507 e. The van der Waals surface area contributed by atoms with Gasteiger partial charge in [0.2, 0.25) is 5.75 Å². The van der Waals surface area contributed by atoms with Gasteiger partial charge in [-0.2, -0.15) is 0 Å². The van der Waals surface area contributed by atoms with Crippen LogP contribution in [-0.4, -0.2) is 68.4 Å². The molecule has 0 spiro atoms. The monoisotopic (exact) mass is 443 g/mol. The molecular formula is C23H25NO8. The highest BCUT2D eigenvalue weighted by Crippen LogP contribution is 2.45. The van der Waals surface area contributed by atoms with Crippen molar-refractivity contribution in [2.45, 2.75) is 6.04 Å². The van der Waals surface area contributed by atoms with Gasteiger partial charge in [0.05, 0.1) is 46.7 Å². The van der Waals surface area contributed by atoms with E-state index in [1.165, 1.54) is 33.3 Å². The molecule has 170 valence electrons. The highest BCUT2D eigenvalue weighted by atomic mass is 16.5. The Labute approximate surface area is 185 Å². The SMILES string of the molecule is COc1ccc(C(O)=C2C(=O)C(=O)N(CCO)[C@@H]2c2cc(OC)c(OC)c(OC)c2)cc1. The lowest BCUT2D eigenvalue weighted by Gasteiger charge is -2.26. The summed E-state index contributed by atoms with van der Waals surface area (Å²) in [5.74, 6) is -0.471. The second kappa shape index (κ2) is 9.61. The van der Waals surface area contributed by atoms with E-state index in [2.05, 4.69) is 0 Å². The third-order valence-electron chi connectivity index (χ3n) is 5.25. The topological polar surface area (TPSA) is 115 Å². The quantitative estimate of drug-likeness (QED) is 0.362. The average molecular weight is 443 g/mol. The van der Waals surface area contributed by atoms with Crippen molar-refractivity contribution in [1.82, 2.24) is 4.90 Å². The molecule has 2 N–H and O–H groups in total. The van der Waals surface area contributed by atoms with Gasteiger partial charge in [-0.05, 0) is 42.0 Å². The number of carbonyl (C=O) groups is 2. The molecule has 1 heterocycles. The highest BCUT2D eigenvalue weighted by molar-refractivity contribution is 6.46. The largest absolute Gasteiger partial charge is 0.507 e. The first kappa shape index (κ1) is 23.0. The zero-order valence-electron chi connectivity index (χ0n) is 18.2. The standard InChI is InChI=1S/C23H25NO8/c1-29-15-7-5-13(6-8-15)20(26)18-19(24(9-10-25)23(28)21(18)27)14-11-16(30-2)22(32-4)17(12-14)31-3/h5-8,11-12,19,25-26H,9-10H2,1-4H3/t19-/m1/s1. The second-order valence-corrected chi connectivity index (χ2v) is 6.90. The number of ether oxygens (including phenoxy) is 4. The molecule has 0 radical (unpaired) electrons. The lowest BCUT2D eigenvalue weighted by molar-refractivity contribution is -0.140. The Kier molecular flexibility index (Phi) is 6.89. The van der Waals surface area contributed by atoms with Crippen LogP contribution in [0.2, 0.25) is 0 Å². The molecule has 1 amide bonds. The maximum Gasteiger partial charge on any atom is 0.295 e. The molecule has 1 aliphatic rings. The molecular weight excluding hydrogens is 418 g/mol. The van der Waals surface area contributed by atoms with Gasteiger partial charge in [0, 0.05) is 12.1 Å². The predicted molar refractivity (Wildman–Crippen MR) is 115 cm³/mol. The van der Waals surface area contributed by atoms with Crippen molar-refractivity contribution in [3.8, 4) is 23.0 Å². The van der Waals surface area contributed by atoms with Gasteiger partial charge in [0.1, 0.15) is 11.5 Å². The molecule has 2 aromatic rings. The van der Waals surface area contributed by atoms with Gasteiger partial charge in [-0.15, -0.1) is 0 Å². The van der Waals surface area contributed by atoms with Crippen LogP contribution in [0.3, 0.4) is 0 Å². The summed E-state index contributed by atoms with van der Waals surface area (Å²) in [7, 11) is 5.87. The lowest BCUT2D eigenvalue weighted by atomic mass is 9.94. The first-order valence-corrected chi connectivity index (χ1v) is 9.75. The van der Waals surface area contributed by atoms with Crippen molar-refractivity contribution in [2.24, 2.45) is 0 Å². The van der Waals surface area contributed by atoms with Crippen LogP contribution in [0.5, 0.6) is 23.0 Å². The summed E-state index contributed by atoms with van der Waals surface area (Å²) in [6, 6.07) is 8.66. The van der Waals surface area contributed by atoms with Crippen LogP contribution in [0.4, 0.5) is 0 Å². The molecule has 9 heteroatoms. The Hall–Kier alpha value is -3.72. The van der Waals surface area contributed by atoms with Crippen molar-refractivity contribution in [2.75, 3.05) is 41.6 Å². The van der Waals surface area contributed by atoms with Gasteiger partial charge < -0.3 is 34.1 Å². The summed E-state index contributed by atoms with van der Waals surface area (Å²) < 4.78 is 21.3. The summed E-state index contributed by atoms with van der Waals surface area (Å²) in [5, 5.41) is 20.5. The highest BCUT2D eigenvalue weighted by Gasteiger charge is 2.46. The molecule has 32 heavy (non-hydrogen) atoms. The number of rotatable bonds is 8. The van der Waals surface area contributed by atoms with Crippen LogP contribution in [0, 0.1) is 0 Å². The number of aliphatic hydroxyl groups excluding tert-OH is 2. The smallest absolute Gasteiger partial charge is 0.295 e. The Bertz CT molecular complexity index is 1020. The Morgan fingerprint density at radius 1 is 0.938 bits per heavy atom. The third-order valence-corrected chi connectivity index (χ3v) is 5.25. The minimum absolute atomic E-state index is 0.106. The van der Waals surface area contributed by atoms with E-state index in [1.54, 1.807) is 36.4 Å². The zero-order chi connectivity index (χ0) is 23.4. The molecule has 1 aliphatic heterocycles. The van der Waals surface area contributed by atoms with E-state index in [0.29, 0.717) is 34.1 Å². The average Bonchev–Trinajstić information content (AvgIpc) is 3.07. The van der Waals surface area contributed by atoms with E-state index in [1.807, 2.05) is 0 Å². The summed E-state index contributed by atoms with van der Waals surface area (Å²) in [4.78, 5) is 26.9. The molecule has 1 saturated heterocycles. The van der Waals surface area contributed by atoms with E-state index in [9.17, 15) is 19.8 Å². The van der Waals surface area contributed by atoms with E-state index >= 15 is 0 Å². The molecule has 2 aromatic carbocycles. The van der Waals surface area contributed by atoms with Gasteiger partial charge in [-0.1, -0.05) is 0 Å². The van der Waals surface area contributed by atoms with Crippen LogP contribution in [0.1, 0.15) is 17.2 Å². The summed E-state index contributed by atoms with van der Waals surface area (Å²) in [6.07, 6.45) is 0. The number of ketones is 1. The molecule has 9 nitrogen and oxygen atoms in total. The molecule has 0 bridgehead atoms. The number of benzene rings is 2. The Balaban J connectivity index is 2.24. The summed E-state index contributed by atoms with van der Waals surface area (Å²) >= 11 is 0. The van der Waals surface area contributed by atoms with Crippen LogP contribution in [0.25, 0.3) is 5.76 Å². The van der Waals surface area contributed by atoms with Gasteiger partial charge in [-0.3, -0.25) is 9.59 Å². The summed E-state index contributed by atoms with van der Waals surface area (Å²) in [5.41, 5.74) is 0.676. The molecule has 1 fully saturated rings. The first-order valence-electron chi connectivity index (χ1n) is 9.75. The molecule has 0 unspecified atom stereocenters. The van der Waals surface area contributed by atoms with Crippen molar-refractivity contribution in [3.63, 3.8) is 0 Å². The van der Waals surface area contributed by atoms with Gasteiger partial charge in [0.25, 0.3) is 11.7 Å². The van der Waals surface area contributed by atoms with Crippen molar-refractivity contribution in [3.05, 3.63) is 53.1 Å². The number of hydrogen-bond donors (Lipinski definition) is 2. The fourth-order valence-electron chi connectivity index (χ4n) is 3.73. The number of hydrogen-bond acceptors (Lipinski definition) is 8. The molecule has 0 aliphatic carbocycles. The fourth-order valence-corrected chi connectivity index (χ4v) is 3.73. The summed E-state index contributed by atoms with van der Waals surface area (Å²) in [6.45, 7) is -0.470. The van der Waals surface area contributed by atoms with Gasteiger partial charge in [-0.25, -0.2) is 0 Å². The molecule has 0 saturated carbocycles. The number of β-amino-alcohol motifs (C(OH)–C–C–N with tert-alkyl or cyclic N) is 1. The Morgan fingerprint density at radius 2 is 1.53 bits per heavy atom. The molecule has 0 aromatic heterocycles. The van der Waals surface area contributed by atoms with Gasteiger partial charge in [0.15, 0.2) is 11.5 Å². The van der Waals surface area contributed by atoms with E-state index < -0.39 is 17.7 Å². The number of Topliss-reactive ketones (excluding diaryl/α,β-unsaturated/α-hetero) is 1. The van der Waals surface area contributed by atoms with E-state index in [0.717, 1.165) is 0 Å². The first-order chi connectivity index (χ1) is 15.4. The van der Waals surface area contributed by atoms with Crippen molar-refractivity contribution in [1.29, 1.82) is 0 Å². The molecule has 3 rings (SSSR count). The van der Waals surface area contributed by atoms with Crippen molar-refractivity contribution >= 4 is 17.4 Å². The fraction of sp³-hybridized carbons (Fsp3) is 0.304. The van der Waals surface area contributed by atoms with Crippen LogP contribution in [-0.2, 0) is 9.59 Å². The van der Waals surface area contributed by atoms with Crippen LogP contribution in [0.15, 0.2) is 42.0 Å². The maximum absolute atomic E-state index is 12.9. The zero-order valence-corrected chi connectivity index (χ0v) is 18.2. The minimum atomic E-state index is -0.974. The molecule has 1 atom stereocenters. The normalized spacial score (nSPS) is 17.4. The number of methoxy groups -OCH3 is 4. The number of amides is 1. The number of carbonyl (C=O) groups excluding carboxylic acids is 2. The predicted octanol–water partition coefficient (Wildman–Crippen LogP) is 2.14.